The number of Topliss-reactive ketones (excluding diaryl/α,β-unsaturated/α-hetero) is 1. The predicted molar refractivity (Wildman–Crippen MR) is 115 cm³/mol. The van der Waals surface area contributed by atoms with E-state index in [0.717, 1.165) is 10.9 Å². The van der Waals surface area contributed by atoms with Crippen molar-refractivity contribution in [2.75, 3.05) is 4.90 Å². The standard InChI is InChI=1S/C24H17N3O4/c28-19-8-4-3-7-18(19)27-21(16-13-26-17-6-2-1-5-15(16)17)20(23(30)24(27)31)22(29)14-9-11-25-12-10-14/h1-13,21,26,28-29H/b22-20+. The molecule has 2 aromatic carbocycles. The number of hydrogen-bond acceptors (Lipinski definition) is 5. The Kier molecular flexibility index (Phi) is 4.29. The van der Waals surface area contributed by atoms with E-state index in [4.69, 9.17) is 0 Å². The Hall–Kier alpha value is -4.39. The highest BCUT2D eigenvalue weighted by Crippen LogP contribution is 2.46. The average molecular weight is 411 g/mol. The normalized spacial score (nSPS) is 18.1. The van der Waals surface area contributed by atoms with E-state index in [1.807, 2.05) is 24.3 Å². The summed E-state index contributed by atoms with van der Waals surface area (Å²) in [7, 11) is 0. The first-order valence-corrected chi connectivity index (χ1v) is 9.63. The highest BCUT2D eigenvalue weighted by Gasteiger charge is 2.48. The molecule has 1 saturated heterocycles. The van der Waals surface area contributed by atoms with E-state index in [-0.39, 0.29) is 22.8 Å². The van der Waals surface area contributed by atoms with Crippen LogP contribution < -0.4 is 4.90 Å². The molecule has 1 unspecified atom stereocenters. The summed E-state index contributed by atoms with van der Waals surface area (Å²) in [5, 5.41) is 22.3. The SMILES string of the molecule is O=C1C(=O)N(c2ccccc2O)C(c2c[nH]c3ccccc23)/C1=C(\O)c1ccncc1. The average Bonchev–Trinajstić information content (AvgIpc) is 3.33. The third-order valence-corrected chi connectivity index (χ3v) is 5.46. The number of hydrogen-bond donors (Lipinski definition) is 3. The van der Waals surface area contributed by atoms with Gasteiger partial charge in [-0.3, -0.25) is 19.5 Å². The number of phenols is 1. The van der Waals surface area contributed by atoms with Gasteiger partial charge in [0.05, 0.1) is 17.3 Å². The number of benzene rings is 2. The largest absolute Gasteiger partial charge is 0.507 e. The minimum atomic E-state index is -0.933. The molecule has 1 aliphatic heterocycles. The zero-order valence-corrected chi connectivity index (χ0v) is 16.2. The monoisotopic (exact) mass is 411 g/mol. The maximum Gasteiger partial charge on any atom is 0.300 e. The van der Waals surface area contributed by atoms with Crippen molar-refractivity contribution in [3.8, 4) is 5.75 Å². The molecule has 0 saturated carbocycles. The molecular weight excluding hydrogens is 394 g/mol. The summed E-state index contributed by atoms with van der Waals surface area (Å²) in [4.78, 5) is 34.6. The molecule has 5 rings (SSSR count). The quantitative estimate of drug-likeness (QED) is 0.269. The van der Waals surface area contributed by atoms with Crippen LogP contribution in [0, 0.1) is 0 Å². The fourth-order valence-corrected chi connectivity index (χ4v) is 4.03. The van der Waals surface area contributed by atoms with E-state index >= 15 is 0 Å². The van der Waals surface area contributed by atoms with Crippen LogP contribution >= 0.6 is 0 Å². The molecule has 7 heteroatoms. The van der Waals surface area contributed by atoms with Crippen LogP contribution in [0.4, 0.5) is 5.69 Å². The summed E-state index contributed by atoms with van der Waals surface area (Å²) in [5.74, 6) is -2.09. The van der Waals surface area contributed by atoms with Crippen molar-refractivity contribution in [3.63, 3.8) is 0 Å². The van der Waals surface area contributed by atoms with Gasteiger partial charge in [-0.1, -0.05) is 30.3 Å². The number of H-pyrrole nitrogens is 1. The molecule has 2 aromatic heterocycles. The Balaban J connectivity index is 1.81. The van der Waals surface area contributed by atoms with E-state index in [1.165, 1.54) is 23.4 Å². The summed E-state index contributed by atoms with van der Waals surface area (Å²) in [5.41, 5.74) is 1.96. The van der Waals surface area contributed by atoms with Crippen molar-refractivity contribution in [2.24, 2.45) is 0 Å². The van der Waals surface area contributed by atoms with E-state index in [0.29, 0.717) is 11.1 Å². The third kappa shape index (κ3) is 2.86. The van der Waals surface area contributed by atoms with Gasteiger partial charge in [0.2, 0.25) is 0 Å². The molecule has 31 heavy (non-hydrogen) atoms. The minimum Gasteiger partial charge on any atom is -0.507 e. The van der Waals surface area contributed by atoms with Crippen molar-refractivity contribution in [1.29, 1.82) is 0 Å². The van der Waals surface area contributed by atoms with Crippen molar-refractivity contribution in [2.45, 2.75) is 6.04 Å². The zero-order valence-electron chi connectivity index (χ0n) is 16.2. The van der Waals surface area contributed by atoms with Crippen LogP contribution in [0.15, 0.2) is 84.8 Å². The molecule has 1 amide bonds. The lowest BCUT2D eigenvalue weighted by molar-refractivity contribution is -0.132. The maximum atomic E-state index is 13.1. The number of nitrogens with one attached hydrogen (secondary N) is 1. The lowest BCUT2D eigenvalue weighted by Crippen LogP contribution is -2.29. The lowest BCUT2D eigenvalue weighted by atomic mass is 9.95. The number of nitrogens with zero attached hydrogens (tertiary/aromatic N) is 2. The topological polar surface area (TPSA) is 107 Å². The molecule has 1 fully saturated rings. The Bertz CT molecular complexity index is 1360. The summed E-state index contributed by atoms with van der Waals surface area (Å²) < 4.78 is 0. The van der Waals surface area contributed by atoms with Gasteiger partial charge in [-0.05, 0) is 30.3 Å². The lowest BCUT2D eigenvalue weighted by Gasteiger charge is -2.25. The number of ketones is 1. The molecule has 4 aromatic rings. The first-order valence-electron chi connectivity index (χ1n) is 9.63. The molecule has 152 valence electrons. The number of aliphatic hydroxyl groups is 1. The zero-order chi connectivity index (χ0) is 21.5. The van der Waals surface area contributed by atoms with Crippen LogP contribution in [0.5, 0.6) is 5.75 Å². The number of pyridine rings is 1. The van der Waals surface area contributed by atoms with E-state index in [9.17, 15) is 19.8 Å². The van der Waals surface area contributed by atoms with Crippen molar-refractivity contribution >= 4 is 34.0 Å². The number of fused-ring (bicyclic) bond motifs is 1. The van der Waals surface area contributed by atoms with Crippen molar-refractivity contribution in [1.82, 2.24) is 9.97 Å². The second-order valence-corrected chi connectivity index (χ2v) is 7.18. The molecular formula is C24H17N3O4. The highest BCUT2D eigenvalue weighted by molar-refractivity contribution is 6.52. The van der Waals surface area contributed by atoms with Gasteiger partial charge in [0.15, 0.2) is 0 Å². The predicted octanol–water partition coefficient (Wildman–Crippen LogP) is 3.89. The van der Waals surface area contributed by atoms with Crippen LogP contribution in [0.25, 0.3) is 16.7 Å². The van der Waals surface area contributed by atoms with Gasteiger partial charge < -0.3 is 15.2 Å². The molecule has 3 heterocycles. The molecule has 0 radical (unpaired) electrons. The van der Waals surface area contributed by atoms with Gasteiger partial charge in [-0.15, -0.1) is 0 Å². The van der Waals surface area contributed by atoms with E-state index in [2.05, 4.69) is 9.97 Å². The second-order valence-electron chi connectivity index (χ2n) is 7.18. The van der Waals surface area contributed by atoms with Crippen molar-refractivity contribution < 1.29 is 19.8 Å². The molecule has 1 aliphatic rings. The number of rotatable bonds is 3. The number of aromatic nitrogens is 2. The van der Waals surface area contributed by atoms with Crippen LogP contribution in [-0.2, 0) is 9.59 Å². The first kappa shape index (κ1) is 18.6. The Morgan fingerprint density at radius 1 is 0.968 bits per heavy atom. The minimum absolute atomic E-state index is 0.0517. The van der Waals surface area contributed by atoms with Crippen molar-refractivity contribution in [3.05, 3.63) is 96.0 Å². The second kappa shape index (κ2) is 7.14. The highest BCUT2D eigenvalue weighted by atomic mass is 16.3. The van der Waals surface area contributed by atoms with E-state index in [1.54, 1.807) is 36.5 Å². The smallest absolute Gasteiger partial charge is 0.300 e. The van der Waals surface area contributed by atoms with Crippen LogP contribution in [0.1, 0.15) is 17.2 Å². The summed E-state index contributed by atoms with van der Waals surface area (Å²) in [6, 6.07) is 16.0. The number of phenolic OH excluding ortho intramolecular Hbond substituents is 1. The summed E-state index contributed by atoms with van der Waals surface area (Å²) >= 11 is 0. The van der Waals surface area contributed by atoms with Gasteiger partial charge >= 0.3 is 0 Å². The number of anilines is 1. The summed E-state index contributed by atoms with van der Waals surface area (Å²) in [6.07, 6.45) is 4.71. The van der Waals surface area contributed by atoms with Gasteiger partial charge in [0.25, 0.3) is 11.7 Å². The third-order valence-electron chi connectivity index (χ3n) is 5.46. The van der Waals surface area contributed by atoms with Gasteiger partial charge in [0, 0.05) is 40.6 Å². The molecule has 7 nitrogen and oxygen atoms in total. The van der Waals surface area contributed by atoms with Gasteiger partial charge in [0.1, 0.15) is 11.5 Å². The van der Waals surface area contributed by atoms with Crippen LogP contribution in [0.2, 0.25) is 0 Å². The fourth-order valence-electron chi connectivity index (χ4n) is 4.03. The number of carbonyl (C=O) groups is 2. The van der Waals surface area contributed by atoms with E-state index < -0.39 is 17.7 Å². The molecule has 1 atom stereocenters. The fraction of sp³-hybridized carbons (Fsp3) is 0.0417. The summed E-state index contributed by atoms with van der Waals surface area (Å²) in [6.45, 7) is 0. The van der Waals surface area contributed by atoms with Crippen LogP contribution in [-0.4, -0.2) is 31.9 Å². The number of aromatic hydroxyl groups is 1. The van der Waals surface area contributed by atoms with Crippen LogP contribution in [0.3, 0.4) is 0 Å². The molecule has 0 bridgehead atoms. The van der Waals surface area contributed by atoms with Gasteiger partial charge in [-0.25, -0.2) is 0 Å². The Morgan fingerprint density at radius 3 is 2.45 bits per heavy atom. The maximum absolute atomic E-state index is 13.1. The number of amides is 1. The van der Waals surface area contributed by atoms with Gasteiger partial charge in [-0.2, -0.15) is 0 Å². The molecule has 3 N–H and O–H groups in total. The molecule has 0 spiro atoms. The first-order chi connectivity index (χ1) is 15.1. The number of carbonyl (C=O) groups excluding carboxylic acids is 2. The number of aliphatic hydroxyl groups excluding tert-OH is 1. The Morgan fingerprint density at radius 2 is 1.68 bits per heavy atom. The number of aromatic amines is 1. The Labute approximate surface area is 176 Å². The number of para-hydroxylation sites is 3. The molecule has 0 aliphatic carbocycles.